The largest absolute Gasteiger partial charge is 3.00 e. The number of halogens is 4. The first kappa shape index (κ1) is 24.0. The molecule has 7 heteroatoms. The van der Waals surface area contributed by atoms with Gasteiger partial charge in [0.05, 0.1) is 0 Å². The van der Waals surface area contributed by atoms with Crippen molar-refractivity contribution in [3.63, 3.8) is 0 Å². The number of hydrogen-bond donors (Lipinski definition) is 0. The third-order valence-electron chi connectivity index (χ3n) is 2.96. The van der Waals surface area contributed by atoms with Crippen LogP contribution in [0.2, 0.25) is 0 Å². The number of hydrogen-bond acceptors (Lipinski definition) is 0. The second-order valence-corrected chi connectivity index (χ2v) is 4.49. The molecule has 0 fully saturated rings. The molecule has 0 spiro atoms. The summed E-state index contributed by atoms with van der Waals surface area (Å²) in [6.07, 6.45) is 0. The second-order valence-electron chi connectivity index (χ2n) is 4.49. The van der Waals surface area contributed by atoms with E-state index in [1.165, 1.54) is 0 Å². The van der Waals surface area contributed by atoms with Gasteiger partial charge in [-0.3, -0.25) is 0 Å². The van der Waals surface area contributed by atoms with Crippen molar-refractivity contribution in [2.45, 2.75) is 12.0 Å². The predicted octanol–water partition coefficient (Wildman–Crippen LogP) is 4.58. The Morgan fingerprint density at radius 2 is 1.04 bits per heavy atom. The van der Waals surface area contributed by atoms with E-state index >= 15 is 0 Å². The zero-order chi connectivity index (χ0) is 14.9. The van der Waals surface area contributed by atoms with E-state index in [9.17, 15) is 17.6 Å². The van der Waals surface area contributed by atoms with Gasteiger partial charge in [-0.1, -0.05) is 11.1 Å². The Kier molecular flexibility index (Phi) is 10.2. The fraction of sp³-hybridized carbons (Fsp3) is 0.125. The van der Waals surface area contributed by atoms with Gasteiger partial charge < -0.3 is 25.6 Å². The summed E-state index contributed by atoms with van der Waals surface area (Å²) in [7, 11) is 0. The van der Waals surface area contributed by atoms with Crippen LogP contribution in [-0.4, -0.2) is 5.48 Å². The summed E-state index contributed by atoms with van der Waals surface area (Å²) < 4.78 is 52.5. The Morgan fingerprint density at radius 1 is 0.739 bits per heavy atom. The molecule has 0 saturated carbocycles. The van der Waals surface area contributed by atoms with Gasteiger partial charge in [0.2, 0.25) is 0 Å². The van der Waals surface area contributed by atoms with E-state index in [4.69, 9.17) is 5.73 Å². The third kappa shape index (κ3) is 6.03. The molecule has 2 aromatic rings. The summed E-state index contributed by atoms with van der Waals surface area (Å²) in [6.45, 7) is 3.66. The average molecular weight is 507 g/mol. The molecule has 2 rings (SSSR count). The van der Waals surface area contributed by atoms with E-state index in [-0.39, 0.29) is 44.1 Å². The molecule has 2 aromatic carbocycles. The van der Waals surface area contributed by atoms with Gasteiger partial charge in [-0.15, -0.1) is 6.04 Å². The van der Waals surface area contributed by atoms with Crippen LogP contribution in [0.1, 0.15) is 23.1 Å². The van der Waals surface area contributed by atoms with Crippen LogP contribution in [-0.2, 0) is 20.1 Å². The van der Waals surface area contributed by atoms with Crippen LogP contribution < -0.4 is 0 Å². The summed E-state index contributed by atoms with van der Waals surface area (Å²) in [5, 5.41) is 0. The number of benzene rings is 2. The van der Waals surface area contributed by atoms with Gasteiger partial charge in [0.1, 0.15) is 23.3 Å². The van der Waals surface area contributed by atoms with Crippen molar-refractivity contribution in [1.82, 2.24) is 0 Å². The first-order chi connectivity index (χ1) is 9.36. The maximum Gasteiger partial charge on any atom is 3.00 e. The fourth-order valence-electron chi connectivity index (χ4n) is 1.97. The normalized spacial score (nSPS) is 12.3. The molecule has 0 bridgehead atoms. The van der Waals surface area contributed by atoms with Crippen molar-refractivity contribution in [1.29, 1.82) is 0 Å². The molecule has 0 aliphatic heterocycles. The molecule has 0 unspecified atom stereocenters. The van der Waals surface area contributed by atoms with Gasteiger partial charge >= 0.3 is 20.1 Å². The van der Waals surface area contributed by atoms with Gasteiger partial charge in [0.25, 0.3) is 0 Å². The minimum Gasteiger partial charge on any atom is -0.672 e. The van der Waals surface area contributed by atoms with Crippen molar-refractivity contribution < 1.29 is 43.1 Å². The first-order valence-electron chi connectivity index (χ1n) is 5.83. The summed E-state index contributed by atoms with van der Waals surface area (Å²) in [5.41, 5.74) is 8.17. The van der Waals surface area contributed by atoms with E-state index in [0.29, 0.717) is 12.1 Å². The van der Waals surface area contributed by atoms with Crippen LogP contribution in [0, 0.1) is 37.6 Å². The van der Waals surface area contributed by atoms with Crippen molar-refractivity contribution in [2.75, 3.05) is 0 Å². The summed E-state index contributed by atoms with van der Waals surface area (Å²) in [5.74, 6) is -4.05. The molecular weight excluding hydrogens is 490 g/mol. The Hall–Kier alpha value is -1.27. The molecule has 3 N–H and O–H groups in total. The van der Waals surface area contributed by atoms with Crippen LogP contribution >= 0.6 is 0 Å². The van der Waals surface area contributed by atoms with Gasteiger partial charge in [-0.05, 0) is 24.3 Å². The maximum atomic E-state index is 13.1. The summed E-state index contributed by atoms with van der Waals surface area (Å²) >= 11 is 0. The van der Waals surface area contributed by atoms with E-state index < -0.39 is 35.2 Å². The molecule has 0 aromatic heterocycles. The predicted molar refractivity (Wildman–Crippen MR) is 77.9 cm³/mol. The topological polar surface area (TPSA) is 55.3 Å². The molecule has 0 heterocycles. The standard InChI is InChI=1S/C15H11F4N.CH3.Ir.H2O/c1-8(9-2-11(16)6-12(17)3-9)15(20)10-4-13(18)7-14(19)5-10;;;/h2-8,15,20H,1H2;1H3;;1H2/q-2;-1;+3;/t8-,15+;;;/m1.../s1. The van der Waals surface area contributed by atoms with Gasteiger partial charge in [-0.25, -0.2) is 17.6 Å². The minimum atomic E-state index is -1.14. The minimum absolute atomic E-state index is 0. The van der Waals surface area contributed by atoms with Crippen molar-refractivity contribution in [3.8, 4) is 0 Å². The fourth-order valence-corrected chi connectivity index (χ4v) is 1.97. The Bertz CT molecular complexity index is 543. The van der Waals surface area contributed by atoms with Crippen LogP contribution in [0.5, 0.6) is 0 Å². The Morgan fingerprint density at radius 3 is 1.39 bits per heavy atom. The molecule has 0 amide bonds. The first-order valence-corrected chi connectivity index (χ1v) is 5.83. The molecule has 0 radical (unpaired) electrons. The Labute approximate surface area is 146 Å². The zero-order valence-corrected chi connectivity index (χ0v) is 14.6. The van der Waals surface area contributed by atoms with E-state index in [1.54, 1.807) is 0 Å². The molecule has 2 atom stereocenters. The maximum absolute atomic E-state index is 13.1. The number of nitrogens with one attached hydrogen (secondary N) is 1. The van der Waals surface area contributed by atoms with Crippen molar-refractivity contribution in [2.24, 2.45) is 0 Å². The smallest absolute Gasteiger partial charge is 0.672 e. The van der Waals surface area contributed by atoms with Crippen LogP contribution in [0.3, 0.4) is 0 Å². The molecule has 0 aliphatic rings. The molecule has 2 nitrogen and oxygen atoms in total. The number of rotatable bonds is 3. The van der Waals surface area contributed by atoms with Crippen LogP contribution in [0.4, 0.5) is 17.6 Å². The van der Waals surface area contributed by atoms with Gasteiger partial charge in [0, 0.05) is 12.1 Å². The molecule has 0 saturated heterocycles. The SMILES string of the molecule is O.[CH2-][C@H](c1cc(F)cc(F)c1)[C@H]([NH-])c1cc(F)cc(F)c1.[CH3-].[Ir+3]. The molecule has 23 heavy (non-hydrogen) atoms. The van der Waals surface area contributed by atoms with Crippen molar-refractivity contribution >= 4 is 0 Å². The third-order valence-corrected chi connectivity index (χ3v) is 2.96. The summed E-state index contributed by atoms with van der Waals surface area (Å²) in [4.78, 5) is 0. The Balaban J connectivity index is 0. The quantitative estimate of drug-likeness (QED) is 0.433. The van der Waals surface area contributed by atoms with Gasteiger partial charge in [-0.2, -0.15) is 5.92 Å². The van der Waals surface area contributed by atoms with Gasteiger partial charge in [0.15, 0.2) is 0 Å². The average Bonchev–Trinajstić information content (AvgIpc) is 2.34. The molecular formula is C16H16F4IrNO. The summed E-state index contributed by atoms with van der Waals surface area (Å²) in [6, 6.07) is 4.38. The molecule has 0 aliphatic carbocycles. The van der Waals surface area contributed by atoms with Crippen LogP contribution in [0.25, 0.3) is 5.73 Å². The molecule has 128 valence electrons. The van der Waals surface area contributed by atoms with Crippen molar-refractivity contribution in [3.05, 3.63) is 90.9 Å². The van der Waals surface area contributed by atoms with E-state index in [1.807, 2.05) is 0 Å². The van der Waals surface area contributed by atoms with Crippen LogP contribution in [0.15, 0.2) is 36.4 Å². The second kappa shape index (κ2) is 9.78. The van der Waals surface area contributed by atoms with E-state index in [0.717, 1.165) is 24.3 Å². The zero-order valence-electron chi connectivity index (χ0n) is 12.2. The van der Waals surface area contributed by atoms with E-state index in [2.05, 4.69) is 6.92 Å². The monoisotopic (exact) mass is 507 g/mol.